The Labute approximate surface area is 227 Å². The molecule has 2 N–H and O–H groups in total. The molecule has 0 bridgehead atoms. The van der Waals surface area contributed by atoms with Crippen LogP contribution in [0, 0.1) is 52.3 Å². The van der Waals surface area contributed by atoms with Crippen molar-refractivity contribution in [2.24, 2.45) is 52.3 Å². The molecule has 0 aromatic rings. The first-order chi connectivity index (χ1) is 17.8. The zero-order valence-electron chi connectivity index (χ0n) is 24.6. The molecular formula is C33H57N3O. The van der Waals surface area contributed by atoms with Gasteiger partial charge in [-0.2, -0.15) is 0 Å². The zero-order valence-corrected chi connectivity index (χ0v) is 24.6. The Kier molecular flexibility index (Phi) is 6.59. The lowest BCUT2D eigenvalue weighted by Crippen LogP contribution is -2.58. The van der Waals surface area contributed by atoms with Crippen LogP contribution in [0.5, 0.6) is 0 Å². The fourth-order valence-corrected chi connectivity index (χ4v) is 12.1. The SMILES string of the molecule is C[C@H]1CC[C@]2(NC1)O[C@H]1C[C@H]3[C@@H]4CC[C@H]5CC(NCCN6CCCC6)CC[C@]5(C)[C@H]4CC[C@]3(C)[C@H]1[C@@H]2C. The average molecular weight is 512 g/mol. The fraction of sp³-hybridized carbons (Fsp3) is 1.00. The smallest absolute Gasteiger partial charge is 0.122 e. The highest BCUT2D eigenvalue weighted by Gasteiger charge is 2.68. The lowest BCUT2D eigenvalue weighted by atomic mass is 9.44. The summed E-state index contributed by atoms with van der Waals surface area (Å²) in [6, 6.07) is 0.771. The van der Waals surface area contributed by atoms with Crippen LogP contribution < -0.4 is 10.6 Å². The van der Waals surface area contributed by atoms with Gasteiger partial charge in [0.05, 0.1) is 6.10 Å². The van der Waals surface area contributed by atoms with E-state index in [1.807, 2.05) is 0 Å². The second kappa shape index (κ2) is 9.45. The van der Waals surface area contributed by atoms with Crippen molar-refractivity contribution in [2.45, 2.75) is 123 Å². The number of likely N-dealkylation sites (tertiary alicyclic amines) is 1. The van der Waals surface area contributed by atoms with Crippen LogP contribution in [0.15, 0.2) is 0 Å². The van der Waals surface area contributed by atoms with Crippen LogP contribution in [-0.4, -0.2) is 55.5 Å². The van der Waals surface area contributed by atoms with E-state index >= 15 is 0 Å². The number of hydrogen-bond donors (Lipinski definition) is 2. The molecule has 3 aliphatic heterocycles. The van der Waals surface area contributed by atoms with Crippen molar-refractivity contribution in [3.8, 4) is 0 Å². The van der Waals surface area contributed by atoms with Crippen molar-refractivity contribution in [3.05, 3.63) is 0 Å². The van der Waals surface area contributed by atoms with Crippen LogP contribution in [-0.2, 0) is 4.74 Å². The van der Waals surface area contributed by atoms with Gasteiger partial charge in [-0.3, -0.25) is 5.32 Å². The number of fused-ring (bicyclic) bond motifs is 7. The van der Waals surface area contributed by atoms with Crippen LogP contribution in [0.1, 0.15) is 105 Å². The molecule has 7 fully saturated rings. The highest BCUT2D eigenvalue weighted by Crippen LogP contribution is 2.71. The summed E-state index contributed by atoms with van der Waals surface area (Å²) in [7, 11) is 0. The van der Waals surface area contributed by atoms with Crippen molar-refractivity contribution in [3.63, 3.8) is 0 Å². The maximum Gasteiger partial charge on any atom is 0.122 e. The number of ether oxygens (including phenoxy) is 1. The van der Waals surface area contributed by atoms with Crippen LogP contribution in [0.2, 0.25) is 0 Å². The predicted octanol–water partition coefficient (Wildman–Crippen LogP) is 6.06. The van der Waals surface area contributed by atoms with E-state index in [9.17, 15) is 0 Å². The number of nitrogens with zero attached hydrogens (tertiary/aromatic N) is 1. The first-order valence-electron chi connectivity index (χ1n) is 16.7. The number of piperidine rings is 1. The molecule has 0 amide bonds. The normalized spacial score (nSPS) is 55.6. The number of hydrogen-bond acceptors (Lipinski definition) is 4. The van der Waals surface area contributed by atoms with Crippen LogP contribution in [0.3, 0.4) is 0 Å². The number of rotatable bonds is 4. The third kappa shape index (κ3) is 4.04. The summed E-state index contributed by atoms with van der Waals surface area (Å²) in [5.41, 5.74) is 1.07. The topological polar surface area (TPSA) is 36.5 Å². The lowest BCUT2D eigenvalue weighted by Gasteiger charge is -2.61. The van der Waals surface area contributed by atoms with Gasteiger partial charge in [0.15, 0.2) is 0 Å². The van der Waals surface area contributed by atoms with Gasteiger partial charge in [-0.25, -0.2) is 0 Å². The molecule has 0 aromatic carbocycles. The maximum absolute atomic E-state index is 7.11. The van der Waals surface area contributed by atoms with Gasteiger partial charge in [-0.15, -0.1) is 0 Å². The van der Waals surface area contributed by atoms with Gasteiger partial charge in [-0.05, 0) is 136 Å². The van der Waals surface area contributed by atoms with E-state index < -0.39 is 0 Å². The summed E-state index contributed by atoms with van der Waals surface area (Å²) in [5, 5.41) is 7.95. The molecule has 210 valence electrons. The van der Waals surface area contributed by atoms with E-state index in [0.717, 1.165) is 48.1 Å². The summed E-state index contributed by atoms with van der Waals surface area (Å²) >= 11 is 0. The molecule has 1 spiro atoms. The minimum Gasteiger partial charge on any atom is -0.357 e. The van der Waals surface area contributed by atoms with Crippen molar-refractivity contribution >= 4 is 0 Å². The third-order valence-corrected chi connectivity index (χ3v) is 14.2. The van der Waals surface area contributed by atoms with Gasteiger partial charge >= 0.3 is 0 Å². The van der Waals surface area contributed by atoms with Gasteiger partial charge < -0.3 is 15.0 Å². The Bertz CT molecular complexity index is 833. The lowest BCUT2D eigenvalue weighted by molar-refractivity contribution is -0.134. The maximum atomic E-state index is 7.11. The molecule has 4 saturated carbocycles. The fourth-order valence-electron chi connectivity index (χ4n) is 12.1. The minimum absolute atomic E-state index is 0.0174. The minimum atomic E-state index is -0.0174. The van der Waals surface area contributed by atoms with Gasteiger partial charge in [0.1, 0.15) is 5.72 Å². The van der Waals surface area contributed by atoms with Crippen LogP contribution in [0.25, 0.3) is 0 Å². The molecule has 3 heterocycles. The Hall–Kier alpha value is -0.160. The van der Waals surface area contributed by atoms with E-state index in [4.69, 9.17) is 4.74 Å². The summed E-state index contributed by atoms with van der Waals surface area (Å²) in [5.74, 6) is 5.99. The summed E-state index contributed by atoms with van der Waals surface area (Å²) in [4.78, 5) is 2.67. The largest absolute Gasteiger partial charge is 0.357 e. The zero-order chi connectivity index (χ0) is 25.4. The Balaban J connectivity index is 1.01. The molecule has 4 nitrogen and oxygen atoms in total. The first kappa shape index (κ1) is 25.8. The molecule has 3 saturated heterocycles. The Morgan fingerprint density at radius 2 is 1.70 bits per heavy atom. The second-order valence-corrected chi connectivity index (χ2v) is 15.8. The monoisotopic (exact) mass is 511 g/mol. The molecule has 7 aliphatic rings. The van der Waals surface area contributed by atoms with E-state index in [0.29, 0.717) is 22.9 Å². The molecule has 4 aliphatic carbocycles. The molecule has 7 rings (SSSR count). The molecule has 4 heteroatoms. The second-order valence-electron chi connectivity index (χ2n) is 15.8. The Morgan fingerprint density at radius 1 is 0.892 bits per heavy atom. The van der Waals surface area contributed by atoms with Crippen molar-refractivity contribution in [1.29, 1.82) is 0 Å². The van der Waals surface area contributed by atoms with Gasteiger partial charge in [0.2, 0.25) is 0 Å². The van der Waals surface area contributed by atoms with E-state index in [-0.39, 0.29) is 5.72 Å². The van der Waals surface area contributed by atoms with Crippen LogP contribution in [0.4, 0.5) is 0 Å². The Morgan fingerprint density at radius 3 is 2.49 bits per heavy atom. The standard InChI is InChI=1S/C33H57N3O/c1-22-9-14-33(35-21-22)23(2)30-29(37-33)20-28-26-8-7-24-19-25(34-15-18-36-16-5-6-17-36)10-12-31(24,3)27(26)11-13-32(28,30)4/h22-30,34-35H,5-21H2,1-4H3/t22-,23-,24-,25?,26+,27-,28-,29-,30-,31-,32-,33-/m0/s1. The molecule has 12 atom stereocenters. The highest BCUT2D eigenvalue weighted by molar-refractivity contribution is 5.16. The number of nitrogens with one attached hydrogen (secondary N) is 2. The third-order valence-electron chi connectivity index (χ3n) is 14.2. The van der Waals surface area contributed by atoms with Crippen molar-refractivity contribution in [1.82, 2.24) is 15.5 Å². The summed E-state index contributed by atoms with van der Waals surface area (Å²) in [6.45, 7) is 16.7. The summed E-state index contributed by atoms with van der Waals surface area (Å²) < 4.78 is 7.11. The molecule has 37 heavy (non-hydrogen) atoms. The molecule has 0 radical (unpaired) electrons. The predicted molar refractivity (Wildman–Crippen MR) is 151 cm³/mol. The van der Waals surface area contributed by atoms with Crippen molar-refractivity contribution < 1.29 is 4.74 Å². The van der Waals surface area contributed by atoms with Gasteiger partial charge in [-0.1, -0.05) is 27.7 Å². The van der Waals surface area contributed by atoms with E-state index in [2.05, 4.69) is 43.2 Å². The first-order valence-corrected chi connectivity index (χ1v) is 16.7. The van der Waals surface area contributed by atoms with Gasteiger partial charge in [0.25, 0.3) is 0 Å². The van der Waals surface area contributed by atoms with E-state index in [1.54, 1.807) is 0 Å². The molecule has 0 aromatic heterocycles. The molecular weight excluding hydrogens is 454 g/mol. The summed E-state index contributed by atoms with van der Waals surface area (Å²) in [6.07, 6.45) is 17.5. The van der Waals surface area contributed by atoms with Gasteiger partial charge in [0, 0.05) is 31.6 Å². The van der Waals surface area contributed by atoms with E-state index in [1.165, 1.54) is 103 Å². The highest BCUT2D eigenvalue weighted by atomic mass is 16.5. The average Bonchev–Trinajstić information content (AvgIpc) is 3.57. The van der Waals surface area contributed by atoms with Crippen molar-refractivity contribution in [2.75, 3.05) is 32.7 Å². The quantitative estimate of drug-likeness (QED) is 0.481. The molecule has 1 unspecified atom stereocenters. The van der Waals surface area contributed by atoms with Crippen LogP contribution >= 0.6 is 0 Å².